The molecular weight excluding hydrogens is 222 g/mol. The van der Waals surface area contributed by atoms with Crippen LogP contribution in [0.3, 0.4) is 0 Å². The molecule has 1 N–H and O–H groups in total. The van der Waals surface area contributed by atoms with Crippen LogP contribution in [0.2, 0.25) is 0 Å². The monoisotopic (exact) mass is 251 g/mol. The minimum atomic E-state index is -0.161. The molecule has 0 amide bonds. The predicted octanol–water partition coefficient (Wildman–Crippen LogP) is 2.78. The van der Waals surface area contributed by atoms with E-state index in [9.17, 15) is 0 Å². The van der Waals surface area contributed by atoms with Crippen molar-refractivity contribution in [2.24, 2.45) is 5.41 Å². The maximum absolute atomic E-state index is 9.04. The van der Waals surface area contributed by atoms with Gasteiger partial charge >= 0.3 is 0 Å². The van der Waals surface area contributed by atoms with Gasteiger partial charge in [-0.3, -0.25) is 0 Å². The second-order valence-corrected chi connectivity index (χ2v) is 6.12. The summed E-state index contributed by atoms with van der Waals surface area (Å²) in [7, 11) is 0. The zero-order valence-electron chi connectivity index (χ0n) is 12.3. The highest BCUT2D eigenvalue weighted by atomic mass is 15.2. The average Bonchev–Trinajstić information content (AvgIpc) is 2.39. The Morgan fingerprint density at radius 3 is 2.50 bits per heavy atom. The Kier molecular flexibility index (Phi) is 6.67. The average molecular weight is 251 g/mol. The van der Waals surface area contributed by atoms with E-state index in [0.717, 1.165) is 38.5 Å². The van der Waals surface area contributed by atoms with Crippen LogP contribution in [0.1, 0.15) is 52.9 Å². The summed E-state index contributed by atoms with van der Waals surface area (Å²) >= 11 is 0. The van der Waals surface area contributed by atoms with Crippen molar-refractivity contribution in [2.75, 3.05) is 26.2 Å². The van der Waals surface area contributed by atoms with Crippen LogP contribution >= 0.6 is 0 Å². The molecule has 1 fully saturated rings. The highest BCUT2D eigenvalue weighted by Gasteiger charge is 2.21. The highest BCUT2D eigenvalue weighted by molar-refractivity contribution is 4.91. The van der Waals surface area contributed by atoms with Crippen LogP contribution in [0.5, 0.6) is 0 Å². The van der Waals surface area contributed by atoms with Gasteiger partial charge in [0.05, 0.1) is 11.5 Å². The van der Waals surface area contributed by atoms with Crippen LogP contribution in [0.4, 0.5) is 0 Å². The van der Waals surface area contributed by atoms with Gasteiger partial charge < -0.3 is 10.2 Å². The fourth-order valence-corrected chi connectivity index (χ4v) is 2.72. The molecule has 104 valence electrons. The highest BCUT2D eigenvalue weighted by Crippen LogP contribution is 2.22. The van der Waals surface area contributed by atoms with Gasteiger partial charge in [-0.15, -0.1) is 0 Å². The zero-order valence-corrected chi connectivity index (χ0v) is 12.3. The van der Waals surface area contributed by atoms with E-state index in [4.69, 9.17) is 5.26 Å². The molecule has 3 nitrogen and oxygen atoms in total. The third-order valence-electron chi connectivity index (χ3n) is 3.89. The van der Waals surface area contributed by atoms with Gasteiger partial charge in [0.25, 0.3) is 0 Å². The van der Waals surface area contributed by atoms with E-state index in [-0.39, 0.29) is 5.41 Å². The van der Waals surface area contributed by atoms with Gasteiger partial charge in [0, 0.05) is 6.04 Å². The van der Waals surface area contributed by atoms with Crippen molar-refractivity contribution < 1.29 is 0 Å². The summed E-state index contributed by atoms with van der Waals surface area (Å²) in [5.41, 5.74) is -0.161. The fraction of sp³-hybridized carbons (Fsp3) is 0.933. The largest absolute Gasteiger partial charge is 0.317 e. The number of piperidine rings is 1. The SMILES string of the molecule is CCCN(CCCC(C)(C)C#N)C1CCNCC1. The van der Waals surface area contributed by atoms with E-state index < -0.39 is 0 Å². The smallest absolute Gasteiger partial charge is 0.0683 e. The quantitative estimate of drug-likeness (QED) is 0.756. The molecule has 0 atom stereocenters. The number of hydrogen-bond acceptors (Lipinski definition) is 3. The maximum atomic E-state index is 9.04. The number of rotatable bonds is 7. The Balaban J connectivity index is 2.35. The van der Waals surface area contributed by atoms with Crippen LogP contribution in [-0.2, 0) is 0 Å². The molecule has 0 saturated carbocycles. The summed E-state index contributed by atoms with van der Waals surface area (Å²) in [6.07, 6.45) is 5.94. The summed E-state index contributed by atoms with van der Waals surface area (Å²) in [5.74, 6) is 0. The molecule has 1 heterocycles. The molecule has 3 heteroatoms. The van der Waals surface area contributed by atoms with Crippen molar-refractivity contribution in [3.63, 3.8) is 0 Å². The molecular formula is C15H29N3. The Hall–Kier alpha value is -0.590. The fourth-order valence-electron chi connectivity index (χ4n) is 2.72. The van der Waals surface area contributed by atoms with E-state index in [0.29, 0.717) is 0 Å². The number of hydrogen-bond donors (Lipinski definition) is 1. The standard InChI is InChI=1S/C15H29N3/c1-4-11-18(14-6-9-17-10-7-14)12-5-8-15(2,3)13-16/h14,17H,4-12H2,1-3H3. The van der Waals surface area contributed by atoms with Gasteiger partial charge in [-0.05, 0) is 72.1 Å². The second-order valence-electron chi connectivity index (χ2n) is 6.12. The Labute approximate surface area is 113 Å². The van der Waals surface area contributed by atoms with Crippen LogP contribution in [0.15, 0.2) is 0 Å². The normalized spacial score (nSPS) is 17.9. The van der Waals surface area contributed by atoms with Gasteiger partial charge in [0.2, 0.25) is 0 Å². The van der Waals surface area contributed by atoms with Crippen molar-refractivity contribution in [2.45, 2.75) is 58.9 Å². The first-order valence-corrected chi connectivity index (χ1v) is 7.45. The minimum absolute atomic E-state index is 0.161. The van der Waals surface area contributed by atoms with Gasteiger partial charge in [-0.2, -0.15) is 5.26 Å². The zero-order chi connectivity index (χ0) is 13.4. The third-order valence-corrected chi connectivity index (χ3v) is 3.89. The van der Waals surface area contributed by atoms with Crippen molar-refractivity contribution in [3.8, 4) is 6.07 Å². The molecule has 0 bridgehead atoms. The number of nitrogens with one attached hydrogen (secondary N) is 1. The Morgan fingerprint density at radius 2 is 1.94 bits per heavy atom. The molecule has 1 saturated heterocycles. The topological polar surface area (TPSA) is 39.1 Å². The van der Waals surface area contributed by atoms with Crippen molar-refractivity contribution >= 4 is 0 Å². The molecule has 18 heavy (non-hydrogen) atoms. The Bertz CT molecular complexity index is 261. The second kappa shape index (κ2) is 7.76. The molecule has 0 spiro atoms. The first-order valence-electron chi connectivity index (χ1n) is 7.45. The number of nitriles is 1. The van der Waals surface area contributed by atoms with Gasteiger partial charge in [0.15, 0.2) is 0 Å². The lowest BCUT2D eigenvalue weighted by Gasteiger charge is -2.35. The molecule has 0 aromatic carbocycles. The first-order chi connectivity index (χ1) is 8.59. The molecule has 0 radical (unpaired) electrons. The lowest BCUT2D eigenvalue weighted by atomic mass is 9.89. The summed E-state index contributed by atoms with van der Waals surface area (Å²) in [6, 6.07) is 3.16. The van der Waals surface area contributed by atoms with Gasteiger partial charge in [0.1, 0.15) is 0 Å². The molecule has 1 rings (SSSR count). The molecule has 0 aromatic rings. The van der Waals surface area contributed by atoms with Crippen LogP contribution < -0.4 is 5.32 Å². The third kappa shape index (κ3) is 5.37. The van der Waals surface area contributed by atoms with Crippen molar-refractivity contribution in [1.29, 1.82) is 5.26 Å². The summed E-state index contributed by atoms with van der Waals surface area (Å²) in [5, 5.41) is 12.5. The predicted molar refractivity (Wildman–Crippen MR) is 76.4 cm³/mol. The van der Waals surface area contributed by atoms with E-state index >= 15 is 0 Å². The molecule has 0 unspecified atom stereocenters. The molecule has 0 aliphatic carbocycles. The summed E-state index contributed by atoms with van der Waals surface area (Å²) in [4.78, 5) is 2.65. The van der Waals surface area contributed by atoms with Crippen molar-refractivity contribution in [3.05, 3.63) is 0 Å². The summed E-state index contributed by atoms with van der Waals surface area (Å²) in [6.45, 7) is 11.0. The number of nitrogens with zero attached hydrogens (tertiary/aromatic N) is 2. The summed E-state index contributed by atoms with van der Waals surface area (Å²) < 4.78 is 0. The van der Waals surface area contributed by atoms with E-state index in [1.54, 1.807) is 0 Å². The lowest BCUT2D eigenvalue weighted by Crippen LogP contribution is -2.44. The maximum Gasteiger partial charge on any atom is 0.0683 e. The minimum Gasteiger partial charge on any atom is -0.317 e. The van der Waals surface area contributed by atoms with Crippen LogP contribution in [0.25, 0.3) is 0 Å². The van der Waals surface area contributed by atoms with Gasteiger partial charge in [-0.25, -0.2) is 0 Å². The van der Waals surface area contributed by atoms with E-state index in [1.807, 2.05) is 13.8 Å². The van der Waals surface area contributed by atoms with E-state index in [1.165, 1.54) is 25.8 Å². The van der Waals surface area contributed by atoms with E-state index in [2.05, 4.69) is 23.2 Å². The van der Waals surface area contributed by atoms with Gasteiger partial charge in [-0.1, -0.05) is 6.92 Å². The van der Waals surface area contributed by atoms with Crippen molar-refractivity contribution in [1.82, 2.24) is 10.2 Å². The van der Waals surface area contributed by atoms with Crippen LogP contribution in [-0.4, -0.2) is 37.1 Å². The first kappa shape index (κ1) is 15.5. The Morgan fingerprint density at radius 1 is 1.28 bits per heavy atom. The molecule has 1 aliphatic heterocycles. The molecule has 1 aliphatic rings. The molecule has 0 aromatic heterocycles. The van der Waals surface area contributed by atoms with Crippen LogP contribution in [0, 0.1) is 16.7 Å². The lowest BCUT2D eigenvalue weighted by molar-refractivity contribution is 0.155.